The van der Waals surface area contributed by atoms with E-state index in [4.69, 9.17) is 11.6 Å². The zero-order valence-electron chi connectivity index (χ0n) is 11.0. The number of nitrogens with one attached hydrogen (secondary N) is 2. The normalized spacial score (nSPS) is 20.8. The third-order valence-corrected chi connectivity index (χ3v) is 4.56. The number of amides is 1. The minimum absolute atomic E-state index is 0.0148. The van der Waals surface area contributed by atoms with Gasteiger partial charge in [-0.3, -0.25) is 4.79 Å². The van der Waals surface area contributed by atoms with Gasteiger partial charge in [-0.2, -0.15) is 11.8 Å². The standard InChI is InChI=1S/C14H19ClN2OS/c1-10(11-2-4-12(15)5-3-11)17-14(18)8-13-9-19-7-6-16-13/h2-5,10,13,16H,6-9H2,1H3,(H,17,18)/t10-,13?/m1/s1. The predicted octanol–water partition coefficient (Wildman–Crippen LogP) is 2.61. The van der Waals surface area contributed by atoms with E-state index in [1.165, 1.54) is 0 Å². The molecule has 2 rings (SSSR count). The van der Waals surface area contributed by atoms with Gasteiger partial charge in [-0.05, 0) is 24.6 Å². The average Bonchev–Trinajstić information content (AvgIpc) is 2.40. The summed E-state index contributed by atoms with van der Waals surface area (Å²) in [4.78, 5) is 12.0. The van der Waals surface area contributed by atoms with Crippen LogP contribution in [-0.2, 0) is 4.79 Å². The van der Waals surface area contributed by atoms with Crippen LogP contribution >= 0.6 is 23.4 Å². The highest BCUT2D eigenvalue weighted by Gasteiger charge is 2.18. The summed E-state index contributed by atoms with van der Waals surface area (Å²) in [5.74, 6) is 2.25. The highest BCUT2D eigenvalue weighted by atomic mass is 35.5. The molecule has 0 bridgehead atoms. The van der Waals surface area contributed by atoms with E-state index in [1.54, 1.807) is 0 Å². The van der Waals surface area contributed by atoms with Crippen molar-refractivity contribution in [1.29, 1.82) is 0 Å². The topological polar surface area (TPSA) is 41.1 Å². The van der Waals surface area contributed by atoms with Gasteiger partial charge in [-0.25, -0.2) is 0 Å². The first-order valence-corrected chi connectivity index (χ1v) is 8.04. The first kappa shape index (κ1) is 14.7. The molecule has 0 saturated carbocycles. The van der Waals surface area contributed by atoms with E-state index in [1.807, 2.05) is 43.0 Å². The van der Waals surface area contributed by atoms with Crippen molar-refractivity contribution in [3.8, 4) is 0 Å². The Kier molecular flexibility index (Phi) is 5.55. The highest BCUT2D eigenvalue weighted by Crippen LogP contribution is 2.16. The first-order chi connectivity index (χ1) is 9.15. The van der Waals surface area contributed by atoms with Gasteiger partial charge in [-0.15, -0.1) is 0 Å². The lowest BCUT2D eigenvalue weighted by atomic mass is 10.1. The molecule has 1 amide bonds. The summed E-state index contributed by atoms with van der Waals surface area (Å²) < 4.78 is 0. The van der Waals surface area contributed by atoms with Crippen molar-refractivity contribution in [2.24, 2.45) is 0 Å². The van der Waals surface area contributed by atoms with E-state index >= 15 is 0 Å². The molecular weight excluding hydrogens is 280 g/mol. The first-order valence-electron chi connectivity index (χ1n) is 6.51. The van der Waals surface area contributed by atoms with E-state index in [2.05, 4.69) is 10.6 Å². The lowest BCUT2D eigenvalue weighted by Crippen LogP contribution is -2.41. The van der Waals surface area contributed by atoms with E-state index in [0.29, 0.717) is 17.5 Å². The number of hydrogen-bond donors (Lipinski definition) is 2. The zero-order valence-corrected chi connectivity index (χ0v) is 12.6. The van der Waals surface area contributed by atoms with Gasteiger partial charge in [-0.1, -0.05) is 23.7 Å². The van der Waals surface area contributed by atoms with Gasteiger partial charge >= 0.3 is 0 Å². The molecule has 1 aliphatic rings. The molecule has 0 radical (unpaired) electrons. The number of rotatable bonds is 4. The third-order valence-electron chi connectivity index (χ3n) is 3.18. The van der Waals surface area contributed by atoms with Crippen molar-refractivity contribution in [2.45, 2.75) is 25.4 Å². The molecule has 19 heavy (non-hydrogen) atoms. The number of carbonyl (C=O) groups is 1. The molecule has 1 heterocycles. The van der Waals surface area contributed by atoms with Crippen LogP contribution in [0.5, 0.6) is 0 Å². The van der Waals surface area contributed by atoms with Crippen LogP contribution in [-0.4, -0.2) is 30.0 Å². The second-order valence-electron chi connectivity index (χ2n) is 4.77. The van der Waals surface area contributed by atoms with Gasteiger partial charge in [0, 0.05) is 35.5 Å². The lowest BCUT2D eigenvalue weighted by Gasteiger charge is -2.23. The van der Waals surface area contributed by atoms with Gasteiger partial charge in [0.05, 0.1) is 6.04 Å². The smallest absolute Gasteiger partial charge is 0.222 e. The van der Waals surface area contributed by atoms with Crippen molar-refractivity contribution in [3.63, 3.8) is 0 Å². The molecular formula is C14H19ClN2OS. The second kappa shape index (κ2) is 7.17. The maximum absolute atomic E-state index is 12.0. The van der Waals surface area contributed by atoms with Crippen LogP contribution in [0.3, 0.4) is 0 Å². The fourth-order valence-corrected chi connectivity index (χ4v) is 3.18. The van der Waals surface area contributed by atoms with Crippen molar-refractivity contribution in [3.05, 3.63) is 34.9 Å². The Labute approximate surface area is 123 Å². The quantitative estimate of drug-likeness (QED) is 0.898. The van der Waals surface area contributed by atoms with Crippen LogP contribution in [0.15, 0.2) is 24.3 Å². The van der Waals surface area contributed by atoms with Crippen molar-refractivity contribution in [2.75, 3.05) is 18.1 Å². The van der Waals surface area contributed by atoms with Gasteiger partial charge in [0.1, 0.15) is 0 Å². The highest BCUT2D eigenvalue weighted by molar-refractivity contribution is 7.99. The van der Waals surface area contributed by atoms with Crippen molar-refractivity contribution < 1.29 is 4.79 Å². The maximum Gasteiger partial charge on any atom is 0.222 e. The number of carbonyl (C=O) groups excluding carboxylic acids is 1. The summed E-state index contributed by atoms with van der Waals surface area (Å²) in [7, 11) is 0. The molecule has 1 aromatic rings. The molecule has 104 valence electrons. The third kappa shape index (κ3) is 4.71. The minimum atomic E-state index is 0.0148. The van der Waals surface area contributed by atoms with Crippen LogP contribution < -0.4 is 10.6 Å². The van der Waals surface area contributed by atoms with Crippen LogP contribution in [0.2, 0.25) is 5.02 Å². The Morgan fingerprint density at radius 1 is 1.53 bits per heavy atom. The van der Waals surface area contributed by atoms with E-state index in [9.17, 15) is 4.79 Å². The molecule has 1 aliphatic heterocycles. The van der Waals surface area contributed by atoms with Crippen LogP contribution in [0, 0.1) is 0 Å². The zero-order chi connectivity index (χ0) is 13.7. The Hall–Kier alpha value is -0.710. The summed E-state index contributed by atoms with van der Waals surface area (Å²) in [6.45, 7) is 2.99. The summed E-state index contributed by atoms with van der Waals surface area (Å²) >= 11 is 7.76. The molecule has 1 aromatic carbocycles. The largest absolute Gasteiger partial charge is 0.350 e. The van der Waals surface area contributed by atoms with E-state index < -0.39 is 0 Å². The average molecular weight is 299 g/mol. The van der Waals surface area contributed by atoms with Crippen LogP contribution in [0.25, 0.3) is 0 Å². The van der Waals surface area contributed by atoms with Crippen molar-refractivity contribution in [1.82, 2.24) is 10.6 Å². The Morgan fingerprint density at radius 3 is 2.89 bits per heavy atom. The molecule has 1 saturated heterocycles. The lowest BCUT2D eigenvalue weighted by molar-refractivity contribution is -0.122. The number of hydrogen-bond acceptors (Lipinski definition) is 3. The number of benzene rings is 1. The van der Waals surface area contributed by atoms with Gasteiger partial charge in [0.15, 0.2) is 0 Å². The molecule has 2 atom stereocenters. The molecule has 2 N–H and O–H groups in total. The molecule has 0 spiro atoms. The van der Waals surface area contributed by atoms with Crippen LogP contribution in [0.4, 0.5) is 0 Å². The molecule has 5 heteroatoms. The molecule has 0 aliphatic carbocycles. The van der Waals surface area contributed by atoms with Crippen molar-refractivity contribution >= 4 is 29.3 Å². The second-order valence-corrected chi connectivity index (χ2v) is 6.36. The maximum atomic E-state index is 12.0. The molecule has 0 aromatic heterocycles. The summed E-state index contributed by atoms with van der Waals surface area (Å²) in [5.41, 5.74) is 1.07. The van der Waals surface area contributed by atoms with Gasteiger partial charge in [0.25, 0.3) is 0 Å². The Morgan fingerprint density at radius 2 is 2.26 bits per heavy atom. The van der Waals surface area contributed by atoms with Gasteiger partial charge < -0.3 is 10.6 Å². The summed E-state index contributed by atoms with van der Waals surface area (Å²) in [6.07, 6.45) is 0.547. The van der Waals surface area contributed by atoms with E-state index in [-0.39, 0.29) is 11.9 Å². The number of halogens is 1. The number of thioether (sulfide) groups is 1. The SMILES string of the molecule is C[C@@H](NC(=O)CC1CSCCN1)c1ccc(Cl)cc1. The Balaban J connectivity index is 1.82. The predicted molar refractivity (Wildman–Crippen MR) is 81.7 cm³/mol. The fourth-order valence-electron chi connectivity index (χ4n) is 2.11. The minimum Gasteiger partial charge on any atom is -0.350 e. The fraction of sp³-hybridized carbons (Fsp3) is 0.500. The monoisotopic (exact) mass is 298 g/mol. The molecule has 3 nitrogen and oxygen atoms in total. The van der Waals surface area contributed by atoms with E-state index in [0.717, 1.165) is 23.6 Å². The van der Waals surface area contributed by atoms with Crippen LogP contribution in [0.1, 0.15) is 24.9 Å². The molecule has 1 unspecified atom stereocenters. The summed E-state index contributed by atoms with van der Waals surface area (Å²) in [6, 6.07) is 7.90. The Bertz CT molecular complexity index is 418. The molecule has 1 fully saturated rings. The summed E-state index contributed by atoms with van der Waals surface area (Å²) in [5, 5.41) is 7.12. The van der Waals surface area contributed by atoms with Gasteiger partial charge in [0.2, 0.25) is 5.91 Å².